The number of imide groups is 1. The standard InChI is InChI=1S/C24H23N3O7S/c1-33-19-11-17(18(27(31)32)13-20(19)34-15-16-7-3-2-4-8-16)12-21-23(29)26(24(30)35-21)14-22(28)25-9-5-6-10-25/h2-4,7-8,11-13H,5-6,9-10,14-15H2,1H3/b21-12+. The number of hydrogen-bond donors (Lipinski definition) is 0. The number of carbonyl (C=O) groups is 3. The minimum atomic E-state index is -0.662. The molecule has 0 unspecified atom stereocenters. The van der Waals surface area contributed by atoms with Gasteiger partial charge in [-0.3, -0.25) is 29.4 Å². The van der Waals surface area contributed by atoms with Gasteiger partial charge in [-0.25, -0.2) is 0 Å². The van der Waals surface area contributed by atoms with Crippen LogP contribution in [0.25, 0.3) is 6.08 Å². The number of methoxy groups -OCH3 is 1. The fourth-order valence-corrected chi connectivity index (χ4v) is 4.65. The molecule has 0 bridgehead atoms. The minimum absolute atomic E-state index is 0.00710. The Bertz CT molecular complexity index is 1190. The maximum absolute atomic E-state index is 12.9. The fraction of sp³-hybridized carbons (Fsp3) is 0.292. The van der Waals surface area contributed by atoms with Crippen LogP contribution in [0, 0.1) is 10.1 Å². The Hall–Kier alpha value is -3.86. The third-order valence-corrected chi connectivity index (χ3v) is 6.57. The number of rotatable bonds is 8. The summed E-state index contributed by atoms with van der Waals surface area (Å²) in [6, 6.07) is 11.9. The van der Waals surface area contributed by atoms with Crippen LogP contribution in [-0.2, 0) is 16.2 Å². The largest absolute Gasteiger partial charge is 0.493 e. The van der Waals surface area contributed by atoms with E-state index >= 15 is 0 Å². The average Bonchev–Trinajstić information content (AvgIpc) is 3.48. The van der Waals surface area contributed by atoms with Gasteiger partial charge in [-0.2, -0.15) is 0 Å². The molecular weight excluding hydrogens is 474 g/mol. The van der Waals surface area contributed by atoms with Crippen LogP contribution in [0.5, 0.6) is 11.5 Å². The van der Waals surface area contributed by atoms with Crippen LogP contribution in [0.4, 0.5) is 10.5 Å². The van der Waals surface area contributed by atoms with Gasteiger partial charge in [0.25, 0.3) is 16.8 Å². The molecular formula is C24H23N3O7S. The molecule has 2 aliphatic heterocycles. The number of nitro benzene ring substituents is 1. The topological polar surface area (TPSA) is 119 Å². The van der Waals surface area contributed by atoms with E-state index in [9.17, 15) is 24.5 Å². The lowest BCUT2D eigenvalue weighted by Gasteiger charge is -2.18. The number of ether oxygens (including phenoxy) is 2. The van der Waals surface area contributed by atoms with Gasteiger partial charge >= 0.3 is 0 Å². The first-order valence-corrected chi connectivity index (χ1v) is 11.8. The Balaban J connectivity index is 1.58. The summed E-state index contributed by atoms with van der Waals surface area (Å²) in [4.78, 5) is 51.4. The van der Waals surface area contributed by atoms with E-state index in [4.69, 9.17) is 9.47 Å². The fourth-order valence-electron chi connectivity index (χ4n) is 3.83. The number of hydrogen-bond acceptors (Lipinski definition) is 8. The molecule has 0 radical (unpaired) electrons. The summed E-state index contributed by atoms with van der Waals surface area (Å²) < 4.78 is 11.1. The molecule has 2 fully saturated rings. The van der Waals surface area contributed by atoms with Gasteiger partial charge in [-0.05, 0) is 42.3 Å². The van der Waals surface area contributed by atoms with Crippen molar-refractivity contribution >= 4 is 40.6 Å². The summed E-state index contributed by atoms with van der Waals surface area (Å²) >= 11 is 0.640. The Morgan fingerprint density at radius 3 is 2.51 bits per heavy atom. The molecule has 2 saturated heterocycles. The molecule has 0 saturated carbocycles. The maximum Gasteiger partial charge on any atom is 0.294 e. The number of benzene rings is 2. The highest BCUT2D eigenvalue weighted by Crippen LogP contribution is 2.39. The molecule has 4 rings (SSSR count). The highest BCUT2D eigenvalue weighted by atomic mass is 32.2. The van der Waals surface area contributed by atoms with Crippen molar-refractivity contribution in [3.05, 3.63) is 68.6 Å². The first-order chi connectivity index (χ1) is 16.9. The zero-order valence-corrected chi connectivity index (χ0v) is 19.8. The van der Waals surface area contributed by atoms with Gasteiger partial charge < -0.3 is 14.4 Å². The van der Waals surface area contributed by atoms with Crippen molar-refractivity contribution in [1.29, 1.82) is 0 Å². The van der Waals surface area contributed by atoms with E-state index in [1.165, 1.54) is 25.3 Å². The van der Waals surface area contributed by atoms with Gasteiger partial charge in [0.05, 0.1) is 28.6 Å². The normalized spacial score (nSPS) is 16.8. The predicted octanol–water partition coefficient (Wildman–Crippen LogP) is 3.84. The number of thioether (sulfide) groups is 1. The van der Waals surface area contributed by atoms with E-state index in [1.807, 2.05) is 30.3 Å². The molecule has 2 aromatic carbocycles. The van der Waals surface area contributed by atoms with Gasteiger partial charge in [-0.1, -0.05) is 30.3 Å². The van der Waals surface area contributed by atoms with Crippen LogP contribution in [0.1, 0.15) is 24.0 Å². The first kappa shape index (κ1) is 24.3. The Labute approximate surface area is 205 Å². The van der Waals surface area contributed by atoms with Crippen LogP contribution < -0.4 is 9.47 Å². The second-order valence-electron chi connectivity index (χ2n) is 7.95. The Morgan fingerprint density at radius 2 is 1.86 bits per heavy atom. The summed E-state index contributed by atoms with van der Waals surface area (Å²) in [6.07, 6.45) is 3.06. The van der Waals surface area contributed by atoms with Gasteiger partial charge in [-0.15, -0.1) is 0 Å². The molecule has 0 aliphatic carbocycles. The molecule has 182 valence electrons. The third-order valence-electron chi connectivity index (χ3n) is 5.66. The first-order valence-electron chi connectivity index (χ1n) is 10.9. The van der Waals surface area contributed by atoms with Gasteiger partial charge in [0.15, 0.2) is 11.5 Å². The summed E-state index contributed by atoms with van der Waals surface area (Å²) in [5, 5.41) is 11.2. The smallest absolute Gasteiger partial charge is 0.294 e. The molecule has 11 heteroatoms. The summed E-state index contributed by atoms with van der Waals surface area (Å²) in [5.41, 5.74) is 0.641. The van der Waals surface area contributed by atoms with Gasteiger partial charge in [0.1, 0.15) is 13.2 Å². The second-order valence-corrected chi connectivity index (χ2v) is 8.94. The minimum Gasteiger partial charge on any atom is -0.493 e. The maximum atomic E-state index is 12.9. The number of nitro groups is 1. The summed E-state index contributed by atoms with van der Waals surface area (Å²) in [6.45, 7) is 1.04. The molecule has 2 aromatic rings. The lowest BCUT2D eigenvalue weighted by Crippen LogP contribution is -2.40. The van der Waals surface area contributed by atoms with Gasteiger partial charge in [0, 0.05) is 13.1 Å². The van der Waals surface area contributed by atoms with Crippen LogP contribution in [0.3, 0.4) is 0 Å². The van der Waals surface area contributed by atoms with Crippen LogP contribution >= 0.6 is 11.8 Å². The number of carbonyl (C=O) groups excluding carboxylic acids is 3. The van der Waals surface area contributed by atoms with Crippen LogP contribution in [0.2, 0.25) is 0 Å². The molecule has 2 aliphatic rings. The number of amides is 3. The zero-order valence-electron chi connectivity index (χ0n) is 19.0. The van der Waals surface area contributed by atoms with E-state index in [1.54, 1.807) is 4.90 Å². The highest BCUT2D eigenvalue weighted by molar-refractivity contribution is 8.18. The van der Waals surface area contributed by atoms with Crippen LogP contribution in [0.15, 0.2) is 47.4 Å². The molecule has 35 heavy (non-hydrogen) atoms. The Kier molecular flexibility index (Phi) is 7.35. The number of nitrogens with zero attached hydrogens (tertiary/aromatic N) is 3. The van der Waals surface area contributed by atoms with Crippen molar-refractivity contribution in [2.75, 3.05) is 26.7 Å². The summed E-state index contributed by atoms with van der Waals surface area (Å²) in [5.74, 6) is -0.547. The predicted molar refractivity (Wildman–Crippen MR) is 129 cm³/mol. The van der Waals surface area contributed by atoms with E-state index in [2.05, 4.69) is 0 Å². The van der Waals surface area contributed by atoms with E-state index in [0.29, 0.717) is 24.9 Å². The lowest BCUT2D eigenvalue weighted by molar-refractivity contribution is -0.385. The van der Waals surface area contributed by atoms with Crippen molar-refractivity contribution in [2.24, 2.45) is 0 Å². The number of likely N-dealkylation sites (tertiary alicyclic amines) is 1. The molecule has 0 atom stereocenters. The highest BCUT2D eigenvalue weighted by Gasteiger charge is 2.38. The van der Waals surface area contributed by atoms with Crippen molar-refractivity contribution in [3.8, 4) is 11.5 Å². The molecule has 0 spiro atoms. The quantitative estimate of drug-likeness (QED) is 0.307. The monoisotopic (exact) mass is 497 g/mol. The van der Waals surface area contributed by atoms with E-state index in [-0.39, 0.29) is 46.7 Å². The molecule has 0 aromatic heterocycles. The molecule has 3 amide bonds. The SMILES string of the molecule is COc1cc(/C=C2/SC(=O)N(CC(=O)N3CCCC3)C2=O)c([N+](=O)[O-])cc1OCc1ccccc1. The summed E-state index contributed by atoms with van der Waals surface area (Å²) in [7, 11) is 1.40. The average molecular weight is 498 g/mol. The van der Waals surface area contributed by atoms with Crippen molar-refractivity contribution in [3.63, 3.8) is 0 Å². The van der Waals surface area contributed by atoms with E-state index in [0.717, 1.165) is 23.3 Å². The van der Waals surface area contributed by atoms with Crippen molar-refractivity contribution in [2.45, 2.75) is 19.4 Å². The Morgan fingerprint density at radius 1 is 1.14 bits per heavy atom. The van der Waals surface area contributed by atoms with Crippen molar-refractivity contribution < 1.29 is 28.8 Å². The molecule has 0 N–H and O–H groups in total. The zero-order chi connectivity index (χ0) is 24.9. The molecule has 2 heterocycles. The van der Waals surface area contributed by atoms with Crippen molar-refractivity contribution in [1.82, 2.24) is 9.80 Å². The second kappa shape index (κ2) is 10.6. The van der Waals surface area contributed by atoms with Crippen LogP contribution in [-0.4, -0.2) is 58.5 Å². The van der Waals surface area contributed by atoms with Gasteiger partial charge in [0.2, 0.25) is 5.91 Å². The lowest BCUT2D eigenvalue weighted by atomic mass is 10.1. The third kappa shape index (κ3) is 5.46. The molecule has 10 nitrogen and oxygen atoms in total. The van der Waals surface area contributed by atoms with E-state index < -0.39 is 16.1 Å².